The molecule has 2 aromatic carbocycles. The first-order valence-electron chi connectivity index (χ1n) is 7.61. The van der Waals surface area contributed by atoms with Crippen LogP contribution in [-0.2, 0) is 6.18 Å². The Labute approximate surface area is 159 Å². The summed E-state index contributed by atoms with van der Waals surface area (Å²) in [4.78, 5) is 27.5. The maximum absolute atomic E-state index is 13.6. The van der Waals surface area contributed by atoms with Crippen LogP contribution >= 0.6 is 11.3 Å². The van der Waals surface area contributed by atoms with Crippen LogP contribution in [0.15, 0.2) is 42.6 Å². The number of carbonyl (C=O) groups is 2. The number of nitrogens with zero attached hydrogens (tertiary/aromatic N) is 1. The summed E-state index contributed by atoms with van der Waals surface area (Å²) < 4.78 is 51.4. The predicted octanol–water partition coefficient (Wildman–Crippen LogP) is 4.74. The van der Waals surface area contributed by atoms with E-state index in [0.29, 0.717) is 10.4 Å². The van der Waals surface area contributed by atoms with E-state index in [1.54, 1.807) is 0 Å². The summed E-state index contributed by atoms with van der Waals surface area (Å²) in [5.74, 6) is -2.75. The number of halogens is 4. The van der Waals surface area contributed by atoms with Crippen LogP contribution in [0, 0.1) is 5.82 Å². The molecule has 10 heteroatoms. The number of alkyl halides is 3. The molecule has 144 valence electrons. The number of thiazole rings is 1. The lowest BCUT2D eigenvalue weighted by Crippen LogP contribution is -2.12. The Balaban J connectivity index is 1.79. The van der Waals surface area contributed by atoms with Gasteiger partial charge in [0.25, 0.3) is 5.91 Å². The second kappa shape index (κ2) is 7.39. The molecule has 0 unspecified atom stereocenters. The molecule has 0 radical (unpaired) electrons. The number of amides is 1. The monoisotopic (exact) mass is 410 g/mol. The maximum atomic E-state index is 13.6. The number of phenolic OH excluding ortho intramolecular Hbond substituents is 1. The van der Waals surface area contributed by atoms with Gasteiger partial charge in [0.1, 0.15) is 0 Å². The van der Waals surface area contributed by atoms with E-state index >= 15 is 0 Å². The Kier molecular flexibility index (Phi) is 5.14. The lowest BCUT2D eigenvalue weighted by Gasteiger charge is -2.06. The maximum Gasteiger partial charge on any atom is 0.416 e. The normalized spacial score (nSPS) is 11.3. The lowest BCUT2D eigenvalue weighted by molar-refractivity contribution is -0.137. The highest BCUT2D eigenvalue weighted by molar-refractivity contribution is 7.19. The van der Waals surface area contributed by atoms with Gasteiger partial charge in [-0.15, -0.1) is 0 Å². The number of hydrogen-bond acceptors (Lipinski definition) is 5. The first-order chi connectivity index (χ1) is 13.2. The fraction of sp³-hybridized carbons (Fsp3) is 0.0556. The summed E-state index contributed by atoms with van der Waals surface area (Å²) in [6.45, 7) is 0. The van der Waals surface area contributed by atoms with Crippen LogP contribution in [0.4, 0.5) is 22.7 Å². The number of nitrogens with one attached hydrogen (secondary N) is 1. The van der Waals surface area contributed by atoms with Crippen molar-refractivity contribution in [2.45, 2.75) is 6.18 Å². The van der Waals surface area contributed by atoms with Crippen LogP contribution in [0.3, 0.4) is 0 Å². The zero-order valence-corrected chi connectivity index (χ0v) is 14.6. The molecule has 3 aromatic rings. The van der Waals surface area contributed by atoms with Crippen LogP contribution in [0.2, 0.25) is 0 Å². The number of hydrogen-bond donors (Lipinski definition) is 2. The molecule has 0 atom stereocenters. The minimum Gasteiger partial charge on any atom is -0.504 e. The topological polar surface area (TPSA) is 79.3 Å². The van der Waals surface area contributed by atoms with E-state index in [4.69, 9.17) is 0 Å². The van der Waals surface area contributed by atoms with Crippen molar-refractivity contribution >= 4 is 28.7 Å². The summed E-state index contributed by atoms with van der Waals surface area (Å²) in [6.07, 6.45) is -2.86. The van der Waals surface area contributed by atoms with Gasteiger partial charge in [-0.3, -0.25) is 14.9 Å². The summed E-state index contributed by atoms with van der Waals surface area (Å²) in [7, 11) is 0. The summed E-state index contributed by atoms with van der Waals surface area (Å²) in [5.41, 5.74) is -0.891. The van der Waals surface area contributed by atoms with Crippen molar-refractivity contribution in [1.82, 2.24) is 4.98 Å². The van der Waals surface area contributed by atoms with Crippen molar-refractivity contribution in [3.8, 4) is 16.2 Å². The molecule has 1 heterocycles. The van der Waals surface area contributed by atoms with Crippen LogP contribution in [0.1, 0.15) is 26.3 Å². The molecule has 3 rings (SSSR count). The van der Waals surface area contributed by atoms with Gasteiger partial charge < -0.3 is 5.11 Å². The second-order valence-corrected chi connectivity index (χ2v) is 6.60. The van der Waals surface area contributed by atoms with Crippen LogP contribution in [-0.4, -0.2) is 22.3 Å². The average molecular weight is 410 g/mol. The predicted molar refractivity (Wildman–Crippen MR) is 94.0 cm³/mol. The van der Waals surface area contributed by atoms with Gasteiger partial charge in [-0.2, -0.15) is 13.2 Å². The summed E-state index contributed by atoms with van der Waals surface area (Å²) in [5, 5.41) is 11.9. The molecular weight excluding hydrogens is 400 g/mol. The van der Waals surface area contributed by atoms with Gasteiger partial charge in [0.15, 0.2) is 23.0 Å². The van der Waals surface area contributed by atoms with Crippen LogP contribution in [0.5, 0.6) is 5.75 Å². The van der Waals surface area contributed by atoms with Gasteiger partial charge in [0.05, 0.1) is 16.0 Å². The van der Waals surface area contributed by atoms with Crippen molar-refractivity contribution in [1.29, 1.82) is 0 Å². The van der Waals surface area contributed by atoms with Crippen LogP contribution < -0.4 is 5.32 Å². The van der Waals surface area contributed by atoms with Gasteiger partial charge in [-0.1, -0.05) is 23.5 Å². The molecule has 0 spiro atoms. The number of carbonyl (C=O) groups excluding carboxylic acids is 2. The van der Waals surface area contributed by atoms with Crippen molar-refractivity contribution < 1.29 is 32.3 Å². The average Bonchev–Trinajstić information content (AvgIpc) is 3.11. The third kappa shape index (κ3) is 4.01. The van der Waals surface area contributed by atoms with E-state index in [1.165, 1.54) is 18.3 Å². The molecule has 0 aliphatic rings. The Morgan fingerprint density at radius 2 is 1.86 bits per heavy atom. The van der Waals surface area contributed by atoms with E-state index in [1.807, 2.05) is 0 Å². The van der Waals surface area contributed by atoms with Gasteiger partial charge in [-0.25, -0.2) is 9.37 Å². The van der Waals surface area contributed by atoms with Gasteiger partial charge in [0.2, 0.25) is 0 Å². The highest BCUT2D eigenvalue weighted by Crippen LogP contribution is 2.33. The van der Waals surface area contributed by atoms with Crippen molar-refractivity contribution in [2.24, 2.45) is 0 Å². The number of benzene rings is 2. The molecule has 0 aliphatic carbocycles. The standard InChI is InChI=1S/C18H10F4N2O3S/c19-13-6-10(5-11(8-25)15(13)26)16(27)24-17-23-7-14(28-17)9-1-3-12(4-2-9)18(20,21)22/h1-8,26H,(H,23,24,27). The van der Waals surface area contributed by atoms with E-state index in [0.717, 1.165) is 35.6 Å². The van der Waals surface area contributed by atoms with Crippen molar-refractivity contribution in [2.75, 3.05) is 5.32 Å². The molecule has 1 amide bonds. The highest BCUT2D eigenvalue weighted by atomic mass is 32.1. The fourth-order valence-corrected chi connectivity index (χ4v) is 3.12. The summed E-state index contributed by atoms with van der Waals surface area (Å²) in [6, 6.07) is 6.23. The molecule has 5 nitrogen and oxygen atoms in total. The zero-order valence-electron chi connectivity index (χ0n) is 13.7. The number of rotatable bonds is 4. The highest BCUT2D eigenvalue weighted by Gasteiger charge is 2.30. The van der Waals surface area contributed by atoms with Crippen molar-refractivity contribution in [3.05, 3.63) is 65.1 Å². The molecule has 0 saturated carbocycles. The Morgan fingerprint density at radius 1 is 1.18 bits per heavy atom. The first kappa shape index (κ1) is 19.5. The van der Waals surface area contributed by atoms with Gasteiger partial charge in [0, 0.05) is 11.8 Å². The number of phenols is 1. The molecule has 2 N–H and O–H groups in total. The van der Waals surface area contributed by atoms with E-state index in [2.05, 4.69) is 10.3 Å². The molecule has 28 heavy (non-hydrogen) atoms. The largest absolute Gasteiger partial charge is 0.504 e. The third-order valence-electron chi connectivity index (χ3n) is 3.70. The van der Waals surface area contributed by atoms with Gasteiger partial charge >= 0.3 is 6.18 Å². The molecule has 0 saturated heterocycles. The minimum atomic E-state index is -4.44. The molecule has 0 bridgehead atoms. The summed E-state index contributed by atoms with van der Waals surface area (Å²) >= 11 is 1.00. The number of aromatic hydroxyl groups is 1. The minimum absolute atomic E-state index is 0.126. The smallest absolute Gasteiger partial charge is 0.416 e. The quantitative estimate of drug-likeness (QED) is 0.481. The number of aldehydes is 1. The van der Waals surface area contributed by atoms with E-state index in [-0.39, 0.29) is 22.5 Å². The van der Waals surface area contributed by atoms with E-state index in [9.17, 15) is 32.3 Å². The lowest BCUT2D eigenvalue weighted by atomic mass is 10.1. The third-order valence-corrected chi connectivity index (χ3v) is 4.67. The van der Waals surface area contributed by atoms with Crippen molar-refractivity contribution in [3.63, 3.8) is 0 Å². The second-order valence-electron chi connectivity index (χ2n) is 5.57. The fourth-order valence-electron chi connectivity index (χ4n) is 2.30. The Morgan fingerprint density at radius 3 is 2.46 bits per heavy atom. The zero-order chi connectivity index (χ0) is 20.5. The Bertz CT molecular complexity index is 1050. The Hall–Kier alpha value is -3.27. The number of aromatic nitrogens is 1. The molecule has 0 fully saturated rings. The van der Waals surface area contributed by atoms with Gasteiger partial charge in [-0.05, 0) is 29.8 Å². The van der Waals surface area contributed by atoms with E-state index < -0.39 is 29.2 Å². The van der Waals surface area contributed by atoms with Crippen LogP contribution in [0.25, 0.3) is 10.4 Å². The first-order valence-corrected chi connectivity index (χ1v) is 8.43. The molecule has 1 aromatic heterocycles. The molecular formula is C18H10F4N2O3S. The number of anilines is 1. The molecule has 0 aliphatic heterocycles. The SMILES string of the molecule is O=Cc1cc(C(=O)Nc2ncc(-c3ccc(C(F)(F)F)cc3)s2)cc(F)c1O.